The molecule has 0 amide bonds. The molecule has 0 aromatic carbocycles. The Morgan fingerprint density at radius 1 is 1.29 bits per heavy atom. The molecule has 3 atom stereocenters. The number of hydrogen-bond donors (Lipinski definition) is 1. The van der Waals surface area contributed by atoms with Crippen LogP contribution in [-0.2, 0) is 0 Å². The molecular weight excluding hydrogens is 229 g/mol. The summed E-state index contributed by atoms with van der Waals surface area (Å²) in [5.74, 6) is 0. The van der Waals surface area contributed by atoms with E-state index in [1.165, 1.54) is 0 Å². The molecule has 2 nitrogen and oxygen atoms in total. The third-order valence-electron chi connectivity index (χ3n) is 3.67. The molecule has 0 aliphatic carbocycles. The van der Waals surface area contributed by atoms with Gasteiger partial charge in [-0.3, -0.25) is 4.90 Å². The molecule has 1 heterocycles. The van der Waals surface area contributed by atoms with Crippen LogP contribution >= 0.6 is 0 Å². The van der Waals surface area contributed by atoms with Gasteiger partial charge in [-0.05, 0) is 32.7 Å². The molecule has 1 aliphatic rings. The highest BCUT2D eigenvalue weighted by Crippen LogP contribution is 2.31. The molecular formula is C12H23F3N2. The van der Waals surface area contributed by atoms with Gasteiger partial charge < -0.3 is 5.73 Å². The van der Waals surface area contributed by atoms with E-state index < -0.39 is 18.3 Å². The van der Waals surface area contributed by atoms with Crippen LogP contribution in [0.4, 0.5) is 13.2 Å². The normalized spacial score (nSPS) is 27.5. The van der Waals surface area contributed by atoms with Crippen molar-refractivity contribution in [1.82, 2.24) is 4.90 Å². The SMILES string of the molecule is CCC(N)C(N1CCCCCC1C)C(F)(F)F. The molecule has 1 aliphatic heterocycles. The summed E-state index contributed by atoms with van der Waals surface area (Å²) in [5.41, 5.74) is 5.69. The molecule has 0 bridgehead atoms. The standard InChI is InChI=1S/C12H23F3N2/c1-3-10(16)11(12(13,14)15)17-8-6-4-5-7-9(17)2/h9-11H,3-8,16H2,1-2H3. The van der Waals surface area contributed by atoms with Crippen molar-refractivity contribution in [2.24, 2.45) is 5.73 Å². The van der Waals surface area contributed by atoms with E-state index in [2.05, 4.69) is 0 Å². The quantitative estimate of drug-likeness (QED) is 0.836. The van der Waals surface area contributed by atoms with Gasteiger partial charge in [0, 0.05) is 12.1 Å². The largest absolute Gasteiger partial charge is 0.405 e. The maximum Gasteiger partial charge on any atom is 0.405 e. The average molecular weight is 252 g/mol. The minimum Gasteiger partial charge on any atom is -0.326 e. The zero-order valence-electron chi connectivity index (χ0n) is 10.6. The van der Waals surface area contributed by atoms with E-state index in [0.29, 0.717) is 13.0 Å². The Morgan fingerprint density at radius 3 is 2.47 bits per heavy atom. The van der Waals surface area contributed by atoms with Gasteiger partial charge >= 0.3 is 6.18 Å². The van der Waals surface area contributed by atoms with Gasteiger partial charge in [-0.15, -0.1) is 0 Å². The van der Waals surface area contributed by atoms with Gasteiger partial charge in [-0.1, -0.05) is 19.8 Å². The van der Waals surface area contributed by atoms with Gasteiger partial charge in [0.25, 0.3) is 0 Å². The van der Waals surface area contributed by atoms with Gasteiger partial charge in [0.05, 0.1) is 0 Å². The second-order valence-corrected chi connectivity index (χ2v) is 4.99. The lowest BCUT2D eigenvalue weighted by Crippen LogP contribution is -2.58. The topological polar surface area (TPSA) is 29.3 Å². The van der Waals surface area contributed by atoms with Crippen molar-refractivity contribution in [2.75, 3.05) is 6.54 Å². The summed E-state index contributed by atoms with van der Waals surface area (Å²) in [4.78, 5) is 1.57. The van der Waals surface area contributed by atoms with Crippen LogP contribution in [0.2, 0.25) is 0 Å². The van der Waals surface area contributed by atoms with Gasteiger partial charge in [-0.2, -0.15) is 13.2 Å². The molecule has 1 fully saturated rings. The van der Waals surface area contributed by atoms with E-state index in [-0.39, 0.29) is 6.04 Å². The molecule has 0 saturated carbocycles. The lowest BCUT2D eigenvalue weighted by molar-refractivity contribution is -0.194. The van der Waals surface area contributed by atoms with Crippen molar-refractivity contribution < 1.29 is 13.2 Å². The van der Waals surface area contributed by atoms with Gasteiger partial charge in [-0.25, -0.2) is 0 Å². The Labute approximate surface area is 101 Å². The molecule has 102 valence electrons. The van der Waals surface area contributed by atoms with Crippen LogP contribution in [0.3, 0.4) is 0 Å². The summed E-state index contributed by atoms with van der Waals surface area (Å²) < 4.78 is 39.4. The van der Waals surface area contributed by atoms with Crippen LogP contribution in [0.25, 0.3) is 0 Å². The fourth-order valence-electron chi connectivity index (χ4n) is 2.61. The maximum atomic E-state index is 13.1. The first kappa shape index (κ1) is 14.8. The smallest absolute Gasteiger partial charge is 0.326 e. The summed E-state index contributed by atoms with van der Waals surface area (Å²) in [6, 6.07) is -2.34. The lowest BCUT2D eigenvalue weighted by Gasteiger charge is -2.39. The van der Waals surface area contributed by atoms with E-state index in [9.17, 15) is 13.2 Å². The molecule has 17 heavy (non-hydrogen) atoms. The van der Waals surface area contributed by atoms with E-state index in [1.54, 1.807) is 11.8 Å². The number of alkyl halides is 3. The van der Waals surface area contributed by atoms with E-state index in [0.717, 1.165) is 25.7 Å². The van der Waals surface area contributed by atoms with Crippen molar-refractivity contribution in [1.29, 1.82) is 0 Å². The molecule has 1 rings (SSSR count). The molecule has 3 unspecified atom stereocenters. The van der Waals surface area contributed by atoms with Crippen LogP contribution < -0.4 is 5.73 Å². The number of hydrogen-bond acceptors (Lipinski definition) is 2. The van der Waals surface area contributed by atoms with E-state index >= 15 is 0 Å². The fourth-order valence-corrected chi connectivity index (χ4v) is 2.61. The molecule has 0 aromatic heterocycles. The highest BCUT2D eigenvalue weighted by Gasteiger charge is 2.47. The number of nitrogens with two attached hydrogens (primary N) is 1. The summed E-state index contributed by atoms with van der Waals surface area (Å²) in [6.07, 6.45) is -0.159. The van der Waals surface area contributed by atoms with Crippen molar-refractivity contribution in [3.05, 3.63) is 0 Å². The van der Waals surface area contributed by atoms with Crippen molar-refractivity contribution in [3.8, 4) is 0 Å². The predicted molar refractivity (Wildman–Crippen MR) is 62.7 cm³/mol. The second-order valence-electron chi connectivity index (χ2n) is 4.99. The second kappa shape index (κ2) is 6.05. The van der Waals surface area contributed by atoms with Crippen LogP contribution in [0.1, 0.15) is 46.0 Å². The van der Waals surface area contributed by atoms with E-state index in [4.69, 9.17) is 5.73 Å². The zero-order chi connectivity index (χ0) is 13.1. The zero-order valence-corrected chi connectivity index (χ0v) is 10.6. The molecule has 0 spiro atoms. The summed E-state index contributed by atoms with van der Waals surface area (Å²) in [6.45, 7) is 4.11. The maximum absolute atomic E-state index is 13.1. The Kier molecular flexibility index (Phi) is 5.25. The highest BCUT2D eigenvalue weighted by atomic mass is 19.4. The van der Waals surface area contributed by atoms with Crippen molar-refractivity contribution >= 4 is 0 Å². The minimum atomic E-state index is -4.23. The number of rotatable bonds is 3. The number of nitrogens with zero attached hydrogens (tertiary/aromatic N) is 1. The first-order chi connectivity index (χ1) is 7.88. The Bertz CT molecular complexity index is 230. The molecule has 0 radical (unpaired) electrons. The van der Waals surface area contributed by atoms with Crippen LogP contribution in [0.15, 0.2) is 0 Å². The summed E-state index contributed by atoms with van der Waals surface area (Å²) >= 11 is 0. The Morgan fingerprint density at radius 2 is 1.94 bits per heavy atom. The Balaban J connectivity index is 2.87. The predicted octanol–water partition coefficient (Wildman–Crippen LogP) is 2.92. The van der Waals surface area contributed by atoms with Gasteiger partial charge in [0.2, 0.25) is 0 Å². The summed E-state index contributed by atoms with van der Waals surface area (Å²) in [7, 11) is 0. The molecule has 1 saturated heterocycles. The average Bonchev–Trinajstić information content (AvgIpc) is 2.42. The third kappa shape index (κ3) is 3.85. The number of likely N-dealkylation sites (tertiary alicyclic amines) is 1. The van der Waals surface area contributed by atoms with Crippen LogP contribution in [0.5, 0.6) is 0 Å². The van der Waals surface area contributed by atoms with Crippen LogP contribution in [-0.4, -0.2) is 35.7 Å². The molecule has 2 N–H and O–H groups in total. The summed E-state index contributed by atoms with van der Waals surface area (Å²) in [5, 5.41) is 0. The van der Waals surface area contributed by atoms with Gasteiger partial charge in [0.15, 0.2) is 0 Å². The molecule has 5 heteroatoms. The van der Waals surface area contributed by atoms with E-state index in [1.807, 2.05) is 6.92 Å². The first-order valence-corrected chi connectivity index (χ1v) is 6.46. The van der Waals surface area contributed by atoms with Crippen LogP contribution in [0, 0.1) is 0 Å². The monoisotopic (exact) mass is 252 g/mol. The Hall–Kier alpha value is -0.290. The van der Waals surface area contributed by atoms with Crippen molar-refractivity contribution in [3.63, 3.8) is 0 Å². The lowest BCUT2D eigenvalue weighted by atomic mass is 10.0. The van der Waals surface area contributed by atoms with Gasteiger partial charge in [0.1, 0.15) is 6.04 Å². The number of halogens is 3. The molecule has 0 aromatic rings. The third-order valence-corrected chi connectivity index (χ3v) is 3.67. The highest BCUT2D eigenvalue weighted by molar-refractivity contribution is 4.90. The van der Waals surface area contributed by atoms with Crippen molar-refractivity contribution in [2.45, 2.75) is 70.3 Å². The first-order valence-electron chi connectivity index (χ1n) is 6.46. The minimum absolute atomic E-state index is 0.0262. The fraction of sp³-hybridized carbons (Fsp3) is 1.00.